The van der Waals surface area contributed by atoms with Gasteiger partial charge in [-0.3, -0.25) is 4.79 Å². The van der Waals surface area contributed by atoms with Crippen molar-refractivity contribution in [1.29, 1.82) is 0 Å². The fraction of sp³-hybridized carbons (Fsp3) is 0.500. The molecule has 180 valence electrons. The molecule has 1 amide bonds. The fourth-order valence-corrected chi connectivity index (χ4v) is 5.71. The van der Waals surface area contributed by atoms with Crippen LogP contribution >= 0.6 is 0 Å². The van der Waals surface area contributed by atoms with E-state index in [0.29, 0.717) is 30.8 Å². The zero-order valence-electron chi connectivity index (χ0n) is 20.5. The zero-order chi connectivity index (χ0) is 24.4. The van der Waals surface area contributed by atoms with E-state index in [1.165, 1.54) is 4.31 Å². The van der Waals surface area contributed by atoms with Crippen molar-refractivity contribution in [2.24, 2.45) is 5.92 Å². The van der Waals surface area contributed by atoms with Gasteiger partial charge in [-0.25, -0.2) is 8.42 Å². The summed E-state index contributed by atoms with van der Waals surface area (Å²) in [4.78, 5) is 13.2. The Bertz CT molecular complexity index is 1080. The molecule has 7 heteroatoms. The molecule has 0 radical (unpaired) electrons. The van der Waals surface area contributed by atoms with Crippen molar-refractivity contribution in [3.8, 4) is 5.75 Å². The number of aryl methyl sites for hydroxylation is 1. The summed E-state index contributed by atoms with van der Waals surface area (Å²) >= 11 is 0. The number of carbonyl (C=O) groups is 1. The van der Waals surface area contributed by atoms with Crippen LogP contribution in [-0.4, -0.2) is 38.8 Å². The topological polar surface area (TPSA) is 75.7 Å². The van der Waals surface area contributed by atoms with Crippen molar-refractivity contribution in [3.05, 3.63) is 59.2 Å². The molecule has 33 heavy (non-hydrogen) atoms. The molecule has 2 aromatic carbocycles. The number of methoxy groups -OCH3 is 1. The minimum atomic E-state index is -3.57. The Morgan fingerprint density at radius 1 is 1.09 bits per heavy atom. The summed E-state index contributed by atoms with van der Waals surface area (Å²) in [6.45, 7) is 10.9. The minimum Gasteiger partial charge on any atom is -0.496 e. The lowest BCUT2D eigenvalue weighted by atomic mass is 9.87. The second kappa shape index (κ2) is 9.85. The maximum Gasteiger partial charge on any atom is 0.243 e. The van der Waals surface area contributed by atoms with E-state index in [0.717, 1.165) is 22.4 Å². The van der Waals surface area contributed by atoms with Gasteiger partial charge in [-0.1, -0.05) is 50.6 Å². The van der Waals surface area contributed by atoms with Crippen molar-refractivity contribution in [2.45, 2.75) is 63.8 Å². The Balaban J connectivity index is 1.62. The van der Waals surface area contributed by atoms with Crippen molar-refractivity contribution >= 4 is 15.9 Å². The van der Waals surface area contributed by atoms with Crippen molar-refractivity contribution in [2.75, 3.05) is 20.2 Å². The van der Waals surface area contributed by atoms with E-state index in [9.17, 15) is 13.2 Å². The van der Waals surface area contributed by atoms with Gasteiger partial charge < -0.3 is 10.1 Å². The third-order valence-electron chi connectivity index (χ3n) is 6.39. The zero-order valence-corrected chi connectivity index (χ0v) is 21.3. The van der Waals surface area contributed by atoms with Gasteiger partial charge >= 0.3 is 0 Å². The Labute approximate surface area is 198 Å². The summed E-state index contributed by atoms with van der Waals surface area (Å²) in [5.41, 5.74) is 3.09. The number of amides is 1. The SMILES string of the molecule is COc1ccc(C)cc1C(C)NC(=O)C1CCN(S(=O)(=O)c2ccc(C(C)(C)C)cc2)CC1. The number of nitrogens with zero attached hydrogens (tertiary/aromatic N) is 1. The summed E-state index contributed by atoms with van der Waals surface area (Å²) in [7, 11) is -1.95. The monoisotopic (exact) mass is 472 g/mol. The van der Waals surface area contributed by atoms with E-state index in [2.05, 4.69) is 26.1 Å². The molecular weight excluding hydrogens is 436 g/mol. The highest BCUT2D eigenvalue weighted by Crippen LogP contribution is 2.29. The third kappa shape index (κ3) is 5.76. The first kappa shape index (κ1) is 25.2. The summed E-state index contributed by atoms with van der Waals surface area (Å²) in [6.07, 6.45) is 1.01. The standard InChI is InChI=1S/C26H36N2O4S/c1-18-7-12-24(32-6)23(17-18)19(2)27-25(29)20-13-15-28(16-14-20)33(30,31)22-10-8-21(9-11-22)26(3,4)5/h7-12,17,19-20H,13-16H2,1-6H3,(H,27,29). The van der Waals surface area contributed by atoms with Crippen LogP contribution in [0.3, 0.4) is 0 Å². The average molecular weight is 473 g/mol. The molecule has 1 aliphatic heterocycles. The quantitative estimate of drug-likeness (QED) is 0.668. The van der Waals surface area contributed by atoms with Crippen LogP contribution < -0.4 is 10.1 Å². The van der Waals surface area contributed by atoms with E-state index in [-0.39, 0.29) is 23.3 Å². The molecule has 0 aromatic heterocycles. The van der Waals surface area contributed by atoms with Crippen LogP contribution in [0.4, 0.5) is 0 Å². The highest BCUT2D eigenvalue weighted by atomic mass is 32.2. The van der Waals surface area contributed by atoms with Crippen LogP contribution in [0.5, 0.6) is 5.75 Å². The molecule has 6 nitrogen and oxygen atoms in total. The summed E-state index contributed by atoms with van der Waals surface area (Å²) < 4.78 is 33.1. The molecule has 1 saturated heterocycles. The number of carbonyl (C=O) groups excluding carboxylic acids is 1. The van der Waals surface area contributed by atoms with E-state index >= 15 is 0 Å². The molecule has 1 atom stereocenters. The molecular formula is C26H36N2O4S. The molecule has 1 heterocycles. The van der Waals surface area contributed by atoms with Crippen LogP contribution in [0.25, 0.3) is 0 Å². The van der Waals surface area contributed by atoms with Gasteiger partial charge in [0.1, 0.15) is 5.75 Å². The lowest BCUT2D eigenvalue weighted by Gasteiger charge is -2.31. The highest BCUT2D eigenvalue weighted by Gasteiger charge is 2.33. The van der Waals surface area contributed by atoms with Crippen LogP contribution in [-0.2, 0) is 20.2 Å². The van der Waals surface area contributed by atoms with E-state index in [1.54, 1.807) is 19.2 Å². The number of ether oxygens (including phenoxy) is 1. The van der Waals surface area contributed by atoms with Gasteiger partial charge in [-0.15, -0.1) is 0 Å². The minimum absolute atomic E-state index is 0.0341. The molecule has 3 rings (SSSR count). The van der Waals surface area contributed by atoms with Gasteiger partial charge in [-0.2, -0.15) is 4.31 Å². The number of hydrogen-bond acceptors (Lipinski definition) is 4. The van der Waals surface area contributed by atoms with Gasteiger partial charge in [0.25, 0.3) is 0 Å². The van der Waals surface area contributed by atoms with Gasteiger partial charge in [0.15, 0.2) is 0 Å². The second-order valence-corrected chi connectivity index (χ2v) is 11.9. The maximum absolute atomic E-state index is 13.1. The van der Waals surface area contributed by atoms with Gasteiger partial charge in [-0.05, 0) is 55.9 Å². The van der Waals surface area contributed by atoms with Crippen LogP contribution in [0.15, 0.2) is 47.4 Å². The Morgan fingerprint density at radius 3 is 2.24 bits per heavy atom. The largest absolute Gasteiger partial charge is 0.496 e. The van der Waals surface area contributed by atoms with Crippen molar-refractivity contribution in [3.63, 3.8) is 0 Å². The second-order valence-electron chi connectivity index (χ2n) is 9.93. The van der Waals surface area contributed by atoms with Gasteiger partial charge in [0.2, 0.25) is 15.9 Å². The van der Waals surface area contributed by atoms with Crippen LogP contribution in [0.1, 0.15) is 63.3 Å². The molecule has 0 bridgehead atoms. The van der Waals surface area contributed by atoms with E-state index < -0.39 is 10.0 Å². The smallest absolute Gasteiger partial charge is 0.243 e. The predicted molar refractivity (Wildman–Crippen MR) is 131 cm³/mol. The number of sulfonamides is 1. The molecule has 1 aliphatic rings. The van der Waals surface area contributed by atoms with Gasteiger partial charge in [0, 0.05) is 24.6 Å². The van der Waals surface area contributed by atoms with E-state index in [1.807, 2.05) is 44.2 Å². The first-order chi connectivity index (χ1) is 15.4. The molecule has 0 spiro atoms. The van der Waals surface area contributed by atoms with Crippen LogP contribution in [0, 0.1) is 12.8 Å². The Hall–Kier alpha value is -2.38. The predicted octanol–water partition coefficient (Wildman–Crippen LogP) is 4.58. The lowest BCUT2D eigenvalue weighted by Crippen LogP contribution is -2.43. The molecule has 2 aromatic rings. The first-order valence-corrected chi connectivity index (χ1v) is 12.9. The number of benzene rings is 2. The Morgan fingerprint density at radius 2 is 1.70 bits per heavy atom. The molecule has 1 unspecified atom stereocenters. The van der Waals surface area contributed by atoms with Crippen molar-refractivity contribution < 1.29 is 17.9 Å². The lowest BCUT2D eigenvalue weighted by molar-refractivity contribution is -0.126. The van der Waals surface area contributed by atoms with Gasteiger partial charge in [0.05, 0.1) is 18.0 Å². The number of nitrogens with one attached hydrogen (secondary N) is 1. The summed E-state index contributed by atoms with van der Waals surface area (Å²) in [5, 5.41) is 3.09. The normalized spacial score (nSPS) is 16.9. The first-order valence-electron chi connectivity index (χ1n) is 11.5. The van der Waals surface area contributed by atoms with Crippen LogP contribution in [0.2, 0.25) is 0 Å². The third-order valence-corrected chi connectivity index (χ3v) is 8.31. The molecule has 1 fully saturated rings. The molecule has 0 saturated carbocycles. The fourth-order valence-electron chi connectivity index (χ4n) is 4.24. The van der Waals surface area contributed by atoms with Crippen molar-refractivity contribution in [1.82, 2.24) is 9.62 Å². The van der Waals surface area contributed by atoms with E-state index in [4.69, 9.17) is 4.74 Å². The Kier molecular flexibility index (Phi) is 7.54. The summed E-state index contributed by atoms with van der Waals surface area (Å²) in [5.74, 6) is 0.488. The molecule has 0 aliphatic carbocycles. The number of hydrogen-bond donors (Lipinski definition) is 1. The highest BCUT2D eigenvalue weighted by molar-refractivity contribution is 7.89. The number of rotatable bonds is 6. The maximum atomic E-state index is 13.1. The summed E-state index contributed by atoms with van der Waals surface area (Å²) in [6, 6.07) is 12.8. The average Bonchev–Trinajstić information content (AvgIpc) is 2.78. The molecule has 1 N–H and O–H groups in total. The number of piperidine rings is 1.